The van der Waals surface area contributed by atoms with Crippen molar-refractivity contribution >= 4 is 57.3 Å². The fourth-order valence-electron chi connectivity index (χ4n) is 8.63. The summed E-state index contributed by atoms with van der Waals surface area (Å²) in [6.45, 7) is 11.2. The first-order chi connectivity index (χ1) is 28.4. The van der Waals surface area contributed by atoms with Gasteiger partial charge in [0, 0.05) is 22.8 Å². The summed E-state index contributed by atoms with van der Waals surface area (Å²) < 4.78 is 9.71. The molecule has 0 bridgehead atoms. The van der Waals surface area contributed by atoms with Crippen molar-refractivity contribution in [2.45, 2.75) is 104 Å². The number of carbonyl (C=O) groups excluding carboxylic acids is 4. The van der Waals surface area contributed by atoms with Crippen molar-refractivity contribution in [1.29, 1.82) is 0 Å². The average molecular weight is 824 g/mol. The maximum atomic E-state index is 13.8. The van der Waals surface area contributed by atoms with Crippen molar-refractivity contribution in [3.05, 3.63) is 59.7 Å². The van der Waals surface area contributed by atoms with Gasteiger partial charge in [0.2, 0.25) is 11.8 Å². The van der Waals surface area contributed by atoms with Crippen molar-refractivity contribution in [3.63, 3.8) is 0 Å². The molecule has 2 saturated heterocycles. The Labute approximate surface area is 349 Å². The van der Waals surface area contributed by atoms with E-state index in [2.05, 4.69) is 64.7 Å². The molecular weight excluding hydrogens is 767 g/mol. The van der Waals surface area contributed by atoms with Crippen LogP contribution in [0.25, 0.3) is 42.9 Å². The van der Waals surface area contributed by atoms with Crippen LogP contribution in [0.4, 0.5) is 4.79 Å². The second-order valence-electron chi connectivity index (χ2n) is 16.6. The highest BCUT2D eigenvalue weighted by molar-refractivity contribution is 7.19. The van der Waals surface area contributed by atoms with E-state index >= 15 is 0 Å². The number of esters is 1. The molecule has 0 aliphatic carbocycles. The number of alkyl carbamates (subject to hydrolysis) is 1. The van der Waals surface area contributed by atoms with Crippen LogP contribution in [0.3, 0.4) is 0 Å². The third-order valence-corrected chi connectivity index (χ3v) is 13.3. The van der Waals surface area contributed by atoms with Gasteiger partial charge in [-0.3, -0.25) is 14.4 Å². The molecule has 2 fully saturated rings. The van der Waals surface area contributed by atoms with Crippen LogP contribution in [-0.4, -0.2) is 87.0 Å². The summed E-state index contributed by atoms with van der Waals surface area (Å²) in [5, 5.41) is 2.73. The molecule has 0 radical (unpaired) electrons. The molecule has 314 valence electrons. The Morgan fingerprint density at radius 3 is 1.97 bits per heavy atom. The van der Waals surface area contributed by atoms with Crippen molar-refractivity contribution < 1.29 is 28.7 Å². The molecule has 2 aromatic carbocycles. The quantitative estimate of drug-likeness (QED) is 0.0937. The predicted molar refractivity (Wildman–Crippen MR) is 230 cm³/mol. The number of rotatable bonds is 14. The second-order valence-corrected chi connectivity index (χ2v) is 17.7. The van der Waals surface area contributed by atoms with Crippen LogP contribution in [0.1, 0.15) is 109 Å². The van der Waals surface area contributed by atoms with Crippen molar-refractivity contribution in [2.24, 2.45) is 17.8 Å². The molecular formula is C45H57N7O6S. The molecule has 0 spiro atoms. The molecule has 4 atom stereocenters. The van der Waals surface area contributed by atoms with Crippen LogP contribution in [0, 0.1) is 17.8 Å². The molecule has 7 rings (SSSR count). The van der Waals surface area contributed by atoms with E-state index in [9.17, 15) is 19.2 Å². The fraction of sp³-hybridized carbons (Fsp3) is 0.511. The fourth-order valence-corrected chi connectivity index (χ4v) is 9.83. The average Bonchev–Trinajstić information content (AvgIpc) is 4.08. The Bertz CT molecular complexity index is 2330. The van der Waals surface area contributed by atoms with Crippen molar-refractivity contribution in [3.8, 4) is 20.9 Å². The Kier molecular flexibility index (Phi) is 12.7. The number of fused-ring (bicyclic) bond motifs is 2. The summed E-state index contributed by atoms with van der Waals surface area (Å²) in [7, 11) is 2.66. The van der Waals surface area contributed by atoms with Crippen LogP contribution in [0.2, 0.25) is 0 Å². The summed E-state index contributed by atoms with van der Waals surface area (Å²) in [4.78, 5) is 75.0. The molecule has 3 N–H and O–H groups in total. The predicted octanol–water partition coefficient (Wildman–Crippen LogP) is 8.72. The van der Waals surface area contributed by atoms with Crippen LogP contribution >= 0.6 is 11.3 Å². The van der Waals surface area contributed by atoms with E-state index in [1.807, 2.05) is 37.5 Å². The number of amides is 3. The standard InChI is InChI=1S/C45H57N7O6S/c1-8-9-12-28-23-37(27-15-17-31-33(21-27)48-41(46-31)35-13-10-19-51(35)43(54)30(25(2)3)24-38(53)57-6)59-40(28)29-16-18-32-34(22-29)49-42(47-32)36-14-11-20-52(36)44(55)39(26(4)5)50-45(56)58-7/h15-18,21-23,25-26,30,35-36,39H,8-14,19-20,24H2,1-7H3,(H,46,48)(H,47,49)(H,50,56)/t30-,35-,36-,39-/m0/s1. The molecule has 3 aromatic heterocycles. The molecule has 5 aromatic rings. The van der Waals surface area contributed by atoms with Crippen LogP contribution in [0.15, 0.2) is 42.5 Å². The van der Waals surface area contributed by atoms with E-state index in [0.29, 0.717) is 13.1 Å². The topological polar surface area (TPSA) is 163 Å². The summed E-state index contributed by atoms with van der Waals surface area (Å²) in [6, 6.07) is 13.9. The number of hydrogen-bond acceptors (Lipinski definition) is 9. The number of nitrogens with zero attached hydrogens (tertiary/aromatic N) is 4. The van der Waals surface area contributed by atoms with Crippen LogP contribution in [0.5, 0.6) is 0 Å². The van der Waals surface area contributed by atoms with Crippen LogP contribution < -0.4 is 5.32 Å². The van der Waals surface area contributed by atoms with E-state index in [1.54, 1.807) is 11.3 Å². The molecule has 5 heterocycles. The number of aromatic nitrogens is 4. The minimum absolute atomic E-state index is 0.000128. The number of thiophene rings is 1. The normalized spacial score (nSPS) is 18.0. The number of ether oxygens (including phenoxy) is 2. The van der Waals surface area contributed by atoms with Crippen LogP contribution in [-0.2, 0) is 30.3 Å². The van der Waals surface area contributed by atoms with E-state index in [4.69, 9.17) is 19.4 Å². The number of hydrogen-bond donors (Lipinski definition) is 3. The number of aryl methyl sites for hydroxylation is 1. The highest BCUT2D eigenvalue weighted by Crippen LogP contribution is 2.42. The highest BCUT2D eigenvalue weighted by atomic mass is 32.1. The maximum Gasteiger partial charge on any atom is 0.407 e. The van der Waals surface area contributed by atoms with Crippen molar-refractivity contribution in [1.82, 2.24) is 35.1 Å². The van der Waals surface area contributed by atoms with Gasteiger partial charge in [0.1, 0.15) is 17.7 Å². The first kappa shape index (κ1) is 41.9. The van der Waals surface area contributed by atoms with Gasteiger partial charge in [0.05, 0.1) is 60.7 Å². The van der Waals surface area contributed by atoms with E-state index < -0.39 is 18.1 Å². The number of carbonyl (C=O) groups is 4. The van der Waals surface area contributed by atoms with Gasteiger partial charge in [-0.05, 0) is 97.4 Å². The zero-order chi connectivity index (χ0) is 42.0. The first-order valence-corrected chi connectivity index (χ1v) is 21.9. The van der Waals surface area contributed by atoms with Gasteiger partial charge in [-0.1, -0.05) is 53.2 Å². The van der Waals surface area contributed by atoms with Gasteiger partial charge in [-0.25, -0.2) is 14.8 Å². The second kappa shape index (κ2) is 17.9. The van der Waals surface area contributed by atoms with E-state index in [-0.39, 0.29) is 48.1 Å². The molecule has 13 nitrogen and oxygen atoms in total. The molecule has 0 saturated carbocycles. The molecule has 0 unspecified atom stereocenters. The molecule has 2 aliphatic heterocycles. The van der Waals surface area contributed by atoms with E-state index in [1.165, 1.54) is 24.7 Å². The smallest absolute Gasteiger partial charge is 0.407 e. The number of nitrogens with one attached hydrogen (secondary N) is 3. The lowest BCUT2D eigenvalue weighted by Crippen LogP contribution is -2.51. The van der Waals surface area contributed by atoms with Gasteiger partial charge < -0.3 is 34.6 Å². The molecule has 2 aliphatic rings. The summed E-state index contributed by atoms with van der Waals surface area (Å²) in [6.07, 6.45) is 5.88. The van der Waals surface area contributed by atoms with Gasteiger partial charge in [-0.15, -0.1) is 11.3 Å². The Morgan fingerprint density at radius 1 is 0.814 bits per heavy atom. The number of benzene rings is 2. The summed E-state index contributed by atoms with van der Waals surface area (Å²) in [5.41, 5.74) is 7.03. The summed E-state index contributed by atoms with van der Waals surface area (Å²) in [5.74, 6) is 0.441. The molecule has 3 amide bonds. The monoisotopic (exact) mass is 823 g/mol. The lowest BCUT2D eigenvalue weighted by molar-refractivity contribution is -0.148. The maximum absolute atomic E-state index is 13.8. The Hall–Kier alpha value is -5.24. The minimum Gasteiger partial charge on any atom is -0.469 e. The summed E-state index contributed by atoms with van der Waals surface area (Å²) >= 11 is 1.77. The number of methoxy groups -OCH3 is 2. The number of aromatic amines is 2. The highest BCUT2D eigenvalue weighted by Gasteiger charge is 2.39. The van der Waals surface area contributed by atoms with Gasteiger partial charge in [0.15, 0.2) is 0 Å². The van der Waals surface area contributed by atoms with Gasteiger partial charge in [-0.2, -0.15) is 0 Å². The van der Waals surface area contributed by atoms with Crippen molar-refractivity contribution in [2.75, 3.05) is 27.3 Å². The molecule has 59 heavy (non-hydrogen) atoms. The lowest BCUT2D eigenvalue weighted by Gasteiger charge is -2.29. The number of unbranched alkanes of at least 4 members (excludes halogenated alkanes) is 1. The Balaban J connectivity index is 1.14. The number of likely N-dealkylation sites (tertiary alicyclic amines) is 2. The third kappa shape index (κ3) is 8.73. The van der Waals surface area contributed by atoms with E-state index in [0.717, 1.165) is 94.7 Å². The van der Waals surface area contributed by atoms with Gasteiger partial charge in [0.25, 0.3) is 0 Å². The molecule has 14 heteroatoms. The zero-order valence-electron chi connectivity index (χ0n) is 35.2. The SMILES string of the molecule is CCCCc1cc(-c2ccc3nc([C@@H]4CCCN4C(=O)[C@@H](CC(=O)OC)C(C)C)[nH]c3c2)sc1-c1ccc2nc([C@@H]3CCCN3C(=O)[C@@H](NC(=O)OC)C(C)C)[nH]c2c1. The Morgan fingerprint density at radius 2 is 1.41 bits per heavy atom. The largest absolute Gasteiger partial charge is 0.469 e. The first-order valence-electron chi connectivity index (χ1n) is 21.1. The van der Waals surface area contributed by atoms with Gasteiger partial charge >= 0.3 is 12.1 Å². The zero-order valence-corrected chi connectivity index (χ0v) is 36.0. The third-order valence-electron chi connectivity index (χ3n) is 12.0. The minimum atomic E-state index is -0.693. The lowest BCUT2D eigenvalue weighted by atomic mass is 9.91. The number of H-pyrrole nitrogens is 2. The number of imidazole rings is 2.